The molecular formula is C25H30FN5O. The number of imidazole rings is 1. The molecule has 0 unspecified atom stereocenters. The number of hydrogen-bond acceptors (Lipinski definition) is 4. The summed E-state index contributed by atoms with van der Waals surface area (Å²) >= 11 is 0. The Balaban J connectivity index is 1.70. The molecule has 1 atom stereocenters. The lowest BCUT2D eigenvalue weighted by Crippen LogP contribution is -2.50. The number of fused-ring (bicyclic) bond motifs is 1. The molecule has 4 rings (SSSR count). The van der Waals surface area contributed by atoms with E-state index in [1.165, 1.54) is 17.7 Å². The minimum Gasteiger partial charge on any atom is -0.340 e. The molecule has 2 aromatic carbocycles. The number of hydrogen-bond donors (Lipinski definition) is 2. The molecular weight excluding hydrogens is 405 g/mol. The highest BCUT2D eigenvalue weighted by Gasteiger charge is 2.31. The summed E-state index contributed by atoms with van der Waals surface area (Å²) in [4.78, 5) is 19.8. The van der Waals surface area contributed by atoms with E-state index in [2.05, 4.69) is 34.3 Å². The Morgan fingerprint density at radius 2 is 1.75 bits per heavy atom. The van der Waals surface area contributed by atoms with E-state index in [1.54, 1.807) is 12.1 Å². The van der Waals surface area contributed by atoms with Crippen LogP contribution in [0.4, 0.5) is 15.9 Å². The normalized spacial score (nSPS) is 14.4. The number of carbonyl (C=O) groups excluding carboxylic acids is 1. The molecule has 32 heavy (non-hydrogen) atoms. The maximum atomic E-state index is 13.5. The van der Waals surface area contributed by atoms with Crippen LogP contribution in [-0.2, 0) is 17.9 Å². The van der Waals surface area contributed by atoms with Crippen molar-refractivity contribution in [3.63, 3.8) is 0 Å². The van der Waals surface area contributed by atoms with Gasteiger partial charge in [-0.3, -0.25) is 4.79 Å². The average Bonchev–Trinajstić information content (AvgIpc) is 3.13. The molecule has 0 saturated heterocycles. The van der Waals surface area contributed by atoms with E-state index in [-0.39, 0.29) is 23.7 Å². The molecule has 6 nitrogen and oxygen atoms in total. The molecule has 0 spiro atoms. The van der Waals surface area contributed by atoms with Gasteiger partial charge in [0, 0.05) is 24.3 Å². The van der Waals surface area contributed by atoms with Crippen LogP contribution < -0.4 is 10.6 Å². The first kappa shape index (κ1) is 22.0. The third kappa shape index (κ3) is 4.39. The SMILES string of the molecule is CN[C@H](C(=O)N1CCn2c(nc(-c3ccc(F)cc3)c2Nc2ccc(C)cc2)C1)C(C)C. The maximum absolute atomic E-state index is 13.5. The van der Waals surface area contributed by atoms with Gasteiger partial charge < -0.3 is 20.1 Å². The van der Waals surface area contributed by atoms with E-state index in [0.717, 1.165) is 28.6 Å². The Morgan fingerprint density at radius 3 is 2.38 bits per heavy atom. The fourth-order valence-corrected chi connectivity index (χ4v) is 4.17. The average molecular weight is 436 g/mol. The van der Waals surface area contributed by atoms with Gasteiger partial charge in [-0.05, 0) is 56.3 Å². The molecule has 0 saturated carbocycles. The molecule has 2 heterocycles. The highest BCUT2D eigenvalue weighted by Crippen LogP contribution is 2.33. The number of nitrogens with zero attached hydrogens (tertiary/aromatic N) is 3. The molecule has 168 valence electrons. The van der Waals surface area contributed by atoms with Crippen LogP contribution in [0.15, 0.2) is 48.5 Å². The summed E-state index contributed by atoms with van der Waals surface area (Å²) in [5.74, 6) is 1.68. The van der Waals surface area contributed by atoms with Crippen molar-refractivity contribution in [3.8, 4) is 11.3 Å². The Hall–Kier alpha value is -3.19. The number of anilines is 2. The smallest absolute Gasteiger partial charge is 0.240 e. The Kier molecular flexibility index (Phi) is 6.28. The van der Waals surface area contributed by atoms with E-state index in [4.69, 9.17) is 4.98 Å². The molecule has 2 N–H and O–H groups in total. The molecule has 0 radical (unpaired) electrons. The molecule has 3 aromatic rings. The zero-order chi connectivity index (χ0) is 22.8. The van der Waals surface area contributed by atoms with Gasteiger partial charge in [0.05, 0.1) is 12.6 Å². The first-order valence-electron chi connectivity index (χ1n) is 11.0. The number of rotatable bonds is 6. The van der Waals surface area contributed by atoms with Gasteiger partial charge in [-0.2, -0.15) is 0 Å². The molecule has 0 bridgehead atoms. The van der Waals surface area contributed by atoms with Gasteiger partial charge in [0.15, 0.2) is 0 Å². The van der Waals surface area contributed by atoms with Gasteiger partial charge in [-0.1, -0.05) is 31.5 Å². The van der Waals surface area contributed by atoms with E-state index in [9.17, 15) is 9.18 Å². The van der Waals surface area contributed by atoms with Crippen molar-refractivity contribution in [2.75, 3.05) is 18.9 Å². The lowest BCUT2D eigenvalue weighted by molar-refractivity contribution is -0.136. The summed E-state index contributed by atoms with van der Waals surface area (Å²) in [5, 5.41) is 6.65. The monoisotopic (exact) mass is 435 g/mol. The van der Waals surface area contributed by atoms with Gasteiger partial charge in [-0.25, -0.2) is 9.37 Å². The molecule has 1 aliphatic rings. The van der Waals surface area contributed by atoms with Crippen molar-refractivity contribution < 1.29 is 9.18 Å². The third-order valence-corrected chi connectivity index (χ3v) is 5.96. The fourth-order valence-electron chi connectivity index (χ4n) is 4.17. The number of aryl methyl sites for hydroxylation is 1. The van der Waals surface area contributed by atoms with Crippen LogP contribution >= 0.6 is 0 Å². The molecule has 7 heteroatoms. The van der Waals surface area contributed by atoms with E-state index in [1.807, 2.05) is 37.9 Å². The maximum Gasteiger partial charge on any atom is 0.240 e. The Labute approximate surface area is 188 Å². The predicted octanol–water partition coefficient (Wildman–Crippen LogP) is 4.33. The summed E-state index contributed by atoms with van der Waals surface area (Å²) < 4.78 is 15.7. The number of carbonyl (C=O) groups is 1. The fraction of sp³-hybridized carbons (Fsp3) is 0.360. The third-order valence-electron chi connectivity index (χ3n) is 5.96. The molecule has 0 aliphatic carbocycles. The lowest BCUT2D eigenvalue weighted by Gasteiger charge is -2.32. The van der Waals surface area contributed by atoms with E-state index in [0.29, 0.717) is 19.6 Å². The van der Waals surface area contributed by atoms with Crippen LogP contribution in [0.1, 0.15) is 25.2 Å². The van der Waals surface area contributed by atoms with E-state index >= 15 is 0 Å². The van der Waals surface area contributed by atoms with Crippen molar-refractivity contribution in [1.82, 2.24) is 19.8 Å². The second-order valence-electron chi connectivity index (χ2n) is 8.64. The number of halogens is 1. The summed E-state index contributed by atoms with van der Waals surface area (Å²) in [7, 11) is 1.82. The van der Waals surface area contributed by atoms with Crippen LogP contribution in [0.3, 0.4) is 0 Å². The quantitative estimate of drug-likeness (QED) is 0.605. The summed E-state index contributed by atoms with van der Waals surface area (Å²) in [6.07, 6.45) is 0. The van der Waals surface area contributed by atoms with Crippen LogP contribution in [-0.4, -0.2) is 40.0 Å². The molecule has 0 fully saturated rings. The van der Waals surface area contributed by atoms with Crippen molar-refractivity contribution in [1.29, 1.82) is 0 Å². The summed E-state index contributed by atoms with van der Waals surface area (Å²) in [6.45, 7) is 7.82. The molecule has 1 aliphatic heterocycles. The predicted molar refractivity (Wildman–Crippen MR) is 125 cm³/mol. The molecule has 1 aromatic heterocycles. The zero-order valence-electron chi connectivity index (χ0n) is 19.0. The lowest BCUT2D eigenvalue weighted by atomic mass is 10.0. The van der Waals surface area contributed by atoms with Gasteiger partial charge in [0.1, 0.15) is 23.2 Å². The largest absolute Gasteiger partial charge is 0.340 e. The second kappa shape index (κ2) is 9.12. The first-order valence-corrected chi connectivity index (χ1v) is 11.0. The number of amides is 1. The van der Waals surface area contributed by atoms with Gasteiger partial charge in [-0.15, -0.1) is 0 Å². The first-order chi connectivity index (χ1) is 15.4. The Bertz CT molecular complexity index is 1090. The second-order valence-corrected chi connectivity index (χ2v) is 8.64. The number of benzene rings is 2. The summed E-state index contributed by atoms with van der Waals surface area (Å²) in [6, 6.07) is 14.3. The summed E-state index contributed by atoms with van der Waals surface area (Å²) in [5.41, 5.74) is 3.72. The number of aromatic nitrogens is 2. The van der Waals surface area contributed by atoms with Crippen molar-refractivity contribution in [2.24, 2.45) is 5.92 Å². The van der Waals surface area contributed by atoms with Crippen LogP contribution in [0.5, 0.6) is 0 Å². The van der Waals surface area contributed by atoms with Crippen molar-refractivity contribution in [3.05, 3.63) is 65.7 Å². The highest BCUT2D eigenvalue weighted by atomic mass is 19.1. The van der Waals surface area contributed by atoms with Crippen molar-refractivity contribution >= 4 is 17.4 Å². The topological polar surface area (TPSA) is 62.2 Å². The van der Waals surface area contributed by atoms with Crippen LogP contribution in [0, 0.1) is 18.7 Å². The van der Waals surface area contributed by atoms with Gasteiger partial charge in [0.2, 0.25) is 5.91 Å². The van der Waals surface area contributed by atoms with Crippen LogP contribution in [0.25, 0.3) is 11.3 Å². The Morgan fingerprint density at radius 1 is 1.06 bits per heavy atom. The van der Waals surface area contributed by atoms with Crippen molar-refractivity contribution in [2.45, 2.75) is 39.9 Å². The molecule has 1 amide bonds. The van der Waals surface area contributed by atoms with E-state index < -0.39 is 0 Å². The minimum absolute atomic E-state index is 0.0909. The van der Waals surface area contributed by atoms with Gasteiger partial charge in [0.25, 0.3) is 0 Å². The highest BCUT2D eigenvalue weighted by molar-refractivity contribution is 5.82. The number of nitrogens with one attached hydrogen (secondary N) is 2. The number of likely N-dealkylation sites (N-methyl/N-ethyl adjacent to an activating group) is 1. The minimum atomic E-state index is -0.283. The zero-order valence-corrected chi connectivity index (χ0v) is 19.0. The van der Waals surface area contributed by atoms with Crippen LogP contribution in [0.2, 0.25) is 0 Å². The standard InChI is InChI=1S/C25H30FN5O/c1-16(2)22(27-4)25(32)30-13-14-31-21(15-30)29-23(18-7-9-19(26)10-8-18)24(31)28-20-11-5-17(3)6-12-20/h5-12,16,22,27-28H,13-15H2,1-4H3/t22-/m0/s1. The van der Waals surface area contributed by atoms with Gasteiger partial charge >= 0.3 is 0 Å².